The van der Waals surface area contributed by atoms with Crippen molar-refractivity contribution >= 4 is 22.5 Å². The summed E-state index contributed by atoms with van der Waals surface area (Å²) in [5.74, 6) is 0. The van der Waals surface area contributed by atoms with Gasteiger partial charge in [0.15, 0.2) is 0 Å². The van der Waals surface area contributed by atoms with Crippen LogP contribution < -0.4 is 5.32 Å². The first-order valence-electron chi connectivity index (χ1n) is 6.97. The zero-order chi connectivity index (χ0) is 14.8. The van der Waals surface area contributed by atoms with Crippen LogP contribution in [0.5, 0.6) is 0 Å². The zero-order valence-corrected chi connectivity index (χ0v) is 12.9. The van der Waals surface area contributed by atoms with Crippen molar-refractivity contribution in [1.29, 1.82) is 0 Å². The average molecular weight is 297 g/mol. The van der Waals surface area contributed by atoms with Crippen LogP contribution in [0.2, 0.25) is 5.02 Å². The van der Waals surface area contributed by atoms with Crippen molar-refractivity contribution in [3.05, 3.63) is 76.4 Å². The van der Waals surface area contributed by atoms with Crippen molar-refractivity contribution in [2.24, 2.45) is 0 Å². The summed E-state index contributed by atoms with van der Waals surface area (Å²) in [5, 5.41) is 5.31. The van der Waals surface area contributed by atoms with Crippen molar-refractivity contribution in [2.75, 3.05) is 7.05 Å². The van der Waals surface area contributed by atoms with Gasteiger partial charge in [0.25, 0.3) is 0 Å². The minimum atomic E-state index is 0.109. The van der Waals surface area contributed by atoms with Gasteiger partial charge in [-0.25, -0.2) is 0 Å². The molecular formula is C18H17ClN2. The van der Waals surface area contributed by atoms with Crippen molar-refractivity contribution < 1.29 is 0 Å². The van der Waals surface area contributed by atoms with E-state index >= 15 is 0 Å². The zero-order valence-electron chi connectivity index (χ0n) is 12.1. The highest BCUT2D eigenvalue weighted by molar-refractivity contribution is 6.31. The molecule has 1 unspecified atom stereocenters. The third-order valence-corrected chi connectivity index (χ3v) is 4.17. The van der Waals surface area contributed by atoms with Crippen LogP contribution in [0.1, 0.15) is 22.7 Å². The van der Waals surface area contributed by atoms with E-state index in [1.807, 2.05) is 44.4 Å². The molecule has 0 saturated carbocycles. The van der Waals surface area contributed by atoms with Crippen LogP contribution in [-0.4, -0.2) is 12.0 Å². The summed E-state index contributed by atoms with van der Waals surface area (Å²) in [5.41, 5.74) is 4.45. The van der Waals surface area contributed by atoms with Gasteiger partial charge in [-0.15, -0.1) is 0 Å². The molecule has 21 heavy (non-hydrogen) atoms. The molecule has 2 aromatic carbocycles. The molecule has 0 aliphatic heterocycles. The summed E-state index contributed by atoms with van der Waals surface area (Å²) in [6.45, 7) is 2.02. The lowest BCUT2D eigenvalue weighted by atomic mass is 9.97. The van der Waals surface area contributed by atoms with E-state index in [0.717, 1.165) is 27.1 Å². The van der Waals surface area contributed by atoms with E-state index < -0.39 is 0 Å². The Balaban J connectivity index is 2.06. The van der Waals surface area contributed by atoms with E-state index in [1.54, 1.807) is 0 Å². The fourth-order valence-corrected chi connectivity index (χ4v) is 2.74. The van der Waals surface area contributed by atoms with Gasteiger partial charge in [-0.05, 0) is 48.9 Å². The maximum atomic E-state index is 6.12. The number of fused-ring (bicyclic) bond motifs is 1. The molecule has 0 saturated heterocycles. The van der Waals surface area contributed by atoms with Gasteiger partial charge in [0, 0.05) is 16.6 Å². The molecule has 0 aliphatic rings. The maximum absolute atomic E-state index is 6.12. The number of rotatable bonds is 3. The molecule has 0 spiro atoms. The number of aromatic nitrogens is 1. The van der Waals surface area contributed by atoms with E-state index in [-0.39, 0.29) is 6.04 Å². The van der Waals surface area contributed by atoms with Gasteiger partial charge in [-0.2, -0.15) is 0 Å². The van der Waals surface area contributed by atoms with Crippen molar-refractivity contribution in [2.45, 2.75) is 13.0 Å². The fraction of sp³-hybridized carbons (Fsp3) is 0.167. The Bertz CT molecular complexity index is 783. The highest BCUT2D eigenvalue weighted by Gasteiger charge is 2.13. The summed E-state index contributed by atoms with van der Waals surface area (Å²) >= 11 is 6.12. The van der Waals surface area contributed by atoms with E-state index in [1.165, 1.54) is 5.56 Å². The van der Waals surface area contributed by atoms with Gasteiger partial charge >= 0.3 is 0 Å². The van der Waals surface area contributed by atoms with Crippen LogP contribution in [0.3, 0.4) is 0 Å². The Hall–Kier alpha value is -1.90. The molecule has 3 aromatic rings. The quantitative estimate of drug-likeness (QED) is 0.769. The summed E-state index contributed by atoms with van der Waals surface area (Å²) < 4.78 is 0. The number of hydrogen-bond acceptors (Lipinski definition) is 2. The molecule has 0 radical (unpaired) electrons. The summed E-state index contributed by atoms with van der Waals surface area (Å²) in [6.07, 6.45) is 1.94. The Morgan fingerprint density at radius 2 is 1.86 bits per heavy atom. The van der Waals surface area contributed by atoms with Crippen LogP contribution in [0, 0.1) is 6.92 Å². The molecule has 0 aliphatic carbocycles. The van der Waals surface area contributed by atoms with E-state index in [4.69, 9.17) is 11.6 Å². The number of benzene rings is 2. The summed E-state index contributed by atoms with van der Waals surface area (Å²) in [6, 6.07) is 16.6. The first-order chi connectivity index (χ1) is 10.2. The lowest BCUT2D eigenvalue weighted by Gasteiger charge is -2.18. The van der Waals surface area contributed by atoms with Gasteiger partial charge in [0.2, 0.25) is 0 Å². The molecule has 1 atom stereocenters. The van der Waals surface area contributed by atoms with Gasteiger partial charge in [-0.1, -0.05) is 41.9 Å². The van der Waals surface area contributed by atoms with Crippen LogP contribution in [0.25, 0.3) is 10.9 Å². The number of nitrogens with one attached hydrogen (secondary N) is 1. The highest BCUT2D eigenvalue weighted by Crippen LogP contribution is 2.26. The average Bonchev–Trinajstić information content (AvgIpc) is 2.51. The Labute approximate surface area is 129 Å². The van der Waals surface area contributed by atoms with Crippen LogP contribution in [0.4, 0.5) is 0 Å². The van der Waals surface area contributed by atoms with Crippen LogP contribution in [-0.2, 0) is 0 Å². The normalized spacial score (nSPS) is 12.5. The minimum absolute atomic E-state index is 0.109. The van der Waals surface area contributed by atoms with E-state index in [0.29, 0.717) is 0 Å². The molecule has 1 heterocycles. The molecule has 0 fully saturated rings. The van der Waals surface area contributed by atoms with E-state index in [2.05, 4.69) is 34.6 Å². The number of hydrogen-bond donors (Lipinski definition) is 1. The van der Waals surface area contributed by atoms with Crippen molar-refractivity contribution in [3.63, 3.8) is 0 Å². The monoisotopic (exact) mass is 296 g/mol. The molecule has 1 N–H and O–H groups in total. The topological polar surface area (TPSA) is 24.9 Å². The van der Waals surface area contributed by atoms with Crippen molar-refractivity contribution in [1.82, 2.24) is 10.3 Å². The molecule has 0 amide bonds. The molecule has 0 bridgehead atoms. The second-order valence-corrected chi connectivity index (χ2v) is 5.60. The highest BCUT2D eigenvalue weighted by atomic mass is 35.5. The standard InChI is InChI=1S/C18H17ClN2/c1-12-9-14(7-8-16(12)19)18(20-2)15-10-13-5-3-4-6-17(13)21-11-15/h3-11,18,20H,1-2H3. The SMILES string of the molecule is CNC(c1ccc(Cl)c(C)c1)c1cnc2ccccc2c1. The second-order valence-electron chi connectivity index (χ2n) is 5.19. The Morgan fingerprint density at radius 1 is 1.05 bits per heavy atom. The predicted molar refractivity (Wildman–Crippen MR) is 88.8 cm³/mol. The number of para-hydroxylation sites is 1. The van der Waals surface area contributed by atoms with Crippen LogP contribution in [0.15, 0.2) is 54.7 Å². The van der Waals surface area contributed by atoms with Gasteiger partial charge in [-0.3, -0.25) is 4.98 Å². The lowest BCUT2D eigenvalue weighted by Crippen LogP contribution is -2.18. The summed E-state index contributed by atoms with van der Waals surface area (Å²) in [4.78, 5) is 4.55. The first kappa shape index (κ1) is 14.1. The number of halogens is 1. The third kappa shape index (κ3) is 2.78. The second kappa shape index (κ2) is 5.84. The predicted octanol–water partition coefficient (Wildman–Crippen LogP) is 4.51. The maximum Gasteiger partial charge on any atom is 0.0702 e. The molecular weight excluding hydrogens is 280 g/mol. The molecule has 3 heteroatoms. The molecule has 3 rings (SSSR count). The van der Waals surface area contributed by atoms with Gasteiger partial charge < -0.3 is 5.32 Å². The number of pyridine rings is 1. The largest absolute Gasteiger partial charge is 0.309 e. The molecule has 2 nitrogen and oxygen atoms in total. The summed E-state index contributed by atoms with van der Waals surface area (Å²) in [7, 11) is 1.96. The smallest absolute Gasteiger partial charge is 0.0702 e. The molecule has 1 aromatic heterocycles. The van der Waals surface area contributed by atoms with Gasteiger partial charge in [0.1, 0.15) is 0 Å². The van der Waals surface area contributed by atoms with Crippen molar-refractivity contribution in [3.8, 4) is 0 Å². The number of nitrogens with zero attached hydrogens (tertiary/aromatic N) is 1. The fourth-order valence-electron chi connectivity index (χ4n) is 2.62. The Kier molecular flexibility index (Phi) is 3.91. The minimum Gasteiger partial charge on any atom is -0.309 e. The third-order valence-electron chi connectivity index (χ3n) is 3.75. The first-order valence-corrected chi connectivity index (χ1v) is 7.35. The van der Waals surface area contributed by atoms with E-state index in [9.17, 15) is 0 Å². The lowest BCUT2D eigenvalue weighted by molar-refractivity contribution is 0.689. The Morgan fingerprint density at radius 3 is 2.62 bits per heavy atom. The van der Waals surface area contributed by atoms with Crippen LogP contribution >= 0.6 is 11.6 Å². The molecule has 106 valence electrons. The van der Waals surface area contributed by atoms with Gasteiger partial charge in [0.05, 0.1) is 11.6 Å². The number of aryl methyl sites for hydroxylation is 1.